The first-order chi connectivity index (χ1) is 14.2. The van der Waals surface area contributed by atoms with Crippen LogP contribution in [0.1, 0.15) is 29.8 Å². The van der Waals surface area contributed by atoms with Crippen molar-refractivity contribution in [3.05, 3.63) is 63.6 Å². The fourth-order valence-corrected chi connectivity index (χ4v) is 4.40. The van der Waals surface area contributed by atoms with Crippen molar-refractivity contribution in [3.8, 4) is 0 Å². The SMILES string of the molecule is CCN(CC)S(=O)(=O)c1ccc(Cl)c(C(=O)OCC(=O)NCc2ccc(Cl)cc2)c1. The van der Waals surface area contributed by atoms with Gasteiger partial charge in [0.1, 0.15) is 0 Å². The number of halogens is 2. The van der Waals surface area contributed by atoms with Gasteiger partial charge in [-0.25, -0.2) is 13.2 Å². The van der Waals surface area contributed by atoms with Crippen LogP contribution in [-0.4, -0.2) is 44.3 Å². The molecule has 0 aromatic heterocycles. The molecule has 0 atom stereocenters. The maximum Gasteiger partial charge on any atom is 0.340 e. The molecule has 0 unspecified atom stereocenters. The Labute approximate surface area is 186 Å². The monoisotopic (exact) mass is 472 g/mol. The smallest absolute Gasteiger partial charge is 0.340 e. The van der Waals surface area contributed by atoms with Crippen LogP contribution in [0.4, 0.5) is 0 Å². The molecular formula is C20H22Cl2N2O5S. The van der Waals surface area contributed by atoms with Gasteiger partial charge in [-0.3, -0.25) is 4.79 Å². The predicted molar refractivity (Wildman–Crippen MR) is 115 cm³/mol. The standard InChI is InChI=1S/C20H22Cl2N2O5S/c1-3-24(4-2)30(27,28)16-9-10-18(22)17(11-16)20(26)29-13-19(25)23-12-14-5-7-15(21)8-6-14/h5-11H,3-4,12-13H2,1-2H3,(H,23,25). The van der Waals surface area contributed by atoms with E-state index in [1.807, 2.05) is 0 Å². The molecule has 0 saturated heterocycles. The third kappa shape index (κ3) is 6.18. The van der Waals surface area contributed by atoms with E-state index in [1.54, 1.807) is 38.1 Å². The Kier molecular flexibility index (Phi) is 8.66. The molecule has 0 radical (unpaired) electrons. The minimum atomic E-state index is -3.77. The van der Waals surface area contributed by atoms with E-state index < -0.39 is 28.5 Å². The summed E-state index contributed by atoms with van der Waals surface area (Å²) in [6.45, 7) is 3.72. The molecule has 7 nitrogen and oxygen atoms in total. The van der Waals surface area contributed by atoms with Crippen molar-refractivity contribution in [1.29, 1.82) is 0 Å². The van der Waals surface area contributed by atoms with Gasteiger partial charge in [0.2, 0.25) is 10.0 Å². The molecule has 0 bridgehead atoms. The molecule has 0 heterocycles. The minimum absolute atomic E-state index is 0.0278. The van der Waals surface area contributed by atoms with E-state index in [0.717, 1.165) is 11.6 Å². The average molecular weight is 473 g/mol. The zero-order valence-electron chi connectivity index (χ0n) is 16.5. The Morgan fingerprint density at radius 2 is 1.67 bits per heavy atom. The van der Waals surface area contributed by atoms with Gasteiger partial charge in [-0.05, 0) is 35.9 Å². The highest BCUT2D eigenvalue weighted by Gasteiger charge is 2.24. The molecule has 1 amide bonds. The lowest BCUT2D eigenvalue weighted by Gasteiger charge is -2.19. The Morgan fingerprint density at radius 3 is 2.27 bits per heavy atom. The highest BCUT2D eigenvalue weighted by molar-refractivity contribution is 7.89. The van der Waals surface area contributed by atoms with Crippen molar-refractivity contribution in [2.45, 2.75) is 25.3 Å². The lowest BCUT2D eigenvalue weighted by molar-refractivity contribution is -0.124. The second kappa shape index (κ2) is 10.8. The van der Waals surface area contributed by atoms with Gasteiger partial charge < -0.3 is 10.1 Å². The number of sulfonamides is 1. The molecule has 0 fully saturated rings. The van der Waals surface area contributed by atoms with Gasteiger partial charge in [0.15, 0.2) is 6.61 Å². The van der Waals surface area contributed by atoms with E-state index in [4.69, 9.17) is 27.9 Å². The molecule has 162 valence electrons. The van der Waals surface area contributed by atoms with Crippen molar-refractivity contribution < 1.29 is 22.7 Å². The molecule has 2 rings (SSSR count). The molecule has 0 aliphatic rings. The molecule has 2 aromatic carbocycles. The van der Waals surface area contributed by atoms with Crippen molar-refractivity contribution >= 4 is 45.1 Å². The Bertz CT molecular complexity index is 1010. The van der Waals surface area contributed by atoms with Crippen LogP contribution in [0.2, 0.25) is 10.0 Å². The maximum absolute atomic E-state index is 12.6. The van der Waals surface area contributed by atoms with Gasteiger partial charge >= 0.3 is 5.97 Å². The summed E-state index contributed by atoms with van der Waals surface area (Å²) in [5.74, 6) is -1.40. The summed E-state index contributed by atoms with van der Waals surface area (Å²) < 4.78 is 31.5. The first kappa shape index (κ1) is 24.1. The number of amides is 1. The topological polar surface area (TPSA) is 92.8 Å². The van der Waals surface area contributed by atoms with Crippen LogP contribution in [0, 0.1) is 0 Å². The Morgan fingerprint density at radius 1 is 1.03 bits per heavy atom. The molecule has 1 N–H and O–H groups in total. The summed E-state index contributed by atoms with van der Waals surface area (Å²) in [6.07, 6.45) is 0. The summed E-state index contributed by atoms with van der Waals surface area (Å²) >= 11 is 11.8. The van der Waals surface area contributed by atoms with Crippen LogP contribution in [-0.2, 0) is 26.1 Å². The fraction of sp³-hybridized carbons (Fsp3) is 0.300. The van der Waals surface area contributed by atoms with Crippen molar-refractivity contribution in [1.82, 2.24) is 9.62 Å². The third-order valence-electron chi connectivity index (χ3n) is 4.24. The van der Waals surface area contributed by atoms with Crippen LogP contribution in [0.5, 0.6) is 0 Å². The second-order valence-corrected chi connectivity index (χ2v) is 8.99. The van der Waals surface area contributed by atoms with Gasteiger partial charge in [-0.15, -0.1) is 0 Å². The predicted octanol–water partition coefficient (Wildman–Crippen LogP) is 3.50. The average Bonchev–Trinajstić information content (AvgIpc) is 2.72. The number of rotatable bonds is 9. The highest BCUT2D eigenvalue weighted by atomic mass is 35.5. The number of hydrogen-bond donors (Lipinski definition) is 1. The molecule has 10 heteroatoms. The number of nitrogens with zero attached hydrogens (tertiary/aromatic N) is 1. The van der Waals surface area contributed by atoms with Crippen LogP contribution < -0.4 is 5.32 Å². The summed E-state index contributed by atoms with van der Waals surface area (Å²) in [7, 11) is -3.77. The first-order valence-electron chi connectivity index (χ1n) is 9.17. The number of carbonyl (C=O) groups excluding carboxylic acids is 2. The molecule has 0 aliphatic carbocycles. The number of esters is 1. The lowest BCUT2D eigenvalue weighted by atomic mass is 10.2. The minimum Gasteiger partial charge on any atom is -0.452 e. The Balaban J connectivity index is 2.02. The Hall–Kier alpha value is -2.13. The zero-order chi connectivity index (χ0) is 22.3. The van der Waals surface area contributed by atoms with Gasteiger partial charge in [0.25, 0.3) is 5.91 Å². The van der Waals surface area contributed by atoms with Crippen molar-refractivity contribution in [2.24, 2.45) is 0 Å². The highest BCUT2D eigenvalue weighted by Crippen LogP contribution is 2.23. The van der Waals surface area contributed by atoms with Crippen molar-refractivity contribution in [2.75, 3.05) is 19.7 Å². The van der Waals surface area contributed by atoms with Crippen LogP contribution >= 0.6 is 23.2 Å². The van der Waals surface area contributed by atoms with Crippen molar-refractivity contribution in [3.63, 3.8) is 0 Å². The van der Waals surface area contributed by atoms with E-state index in [-0.39, 0.29) is 35.1 Å². The summed E-state index contributed by atoms with van der Waals surface area (Å²) in [5.41, 5.74) is 0.701. The number of nitrogens with one attached hydrogen (secondary N) is 1. The van der Waals surface area contributed by atoms with Crippen LogP contribution in [0.25, 0.3) is 0 Å². The molecule has 0 saturated carbocycles. The first-order valence-corrected chi connectivity index (χ1v) is 11.4. The molecule has 30 heavy (non-hydrogen) atoms. The van der Waals surface area contributed by atoms with Gasteiger partial charge in [0.05, 0.1) is 15.5 Å². The summed E-state index contributed by atoms with van der Waals surface area (Å²) in [6, 6.07) is 10.7. The number of benzene rings is 2. The van der Waals surface area contributed by atoms with E-state index >= 15 is 0 Å². The van der Waals surface area contributed by atoms with Crippen LogP contribution in [0.3, 0.4) is 0 Å². The maximum atomic E-state index is 12.6. The largest absolute Gasteiger partial charge is 0.452 e. The quantitative estimate of drug-likeness (QED) is 0.563. The van der Waals surface area contributed by atoms with E-state index in [0.29, 0.717) is 5.02 Å². The molecule has 0 spiro atoms. The number of hydrogen-bond acceptors (Lipinski definition) is 5. The summed E-state index contributed by atoms with van der Waals surface area (Å²) in [5, 5.41) is 3.22. The van der Waals surface area contributed by atoms with E-state index in [9.17, 15) is 18.0 Å². The molecular weight excluding hydrogens is 451 g/mol. The lowest BCUT2D eigenvalue weighted by Crippen LogP contribution is -2.31. The van der Waals surface area contributed by atoms with E-state index in [2.05, 4.69) is 5.32 Å². The second-order valence-electron chi connectivity index (χ2n) is 6.21. The summed E-state index contributed by atoms with van der Waals surface area (Å²) in [4.78, 5) is 24.2. The third-order valence-corrected chi connectivity index (χ3v) is 6.87. The zero-order valence-corrected chi connectivity index (χ0v) is 18.9. The normalized spacial score (nSPS) is 11.4. The number of ether oxygens (including phenoxy) is 1. The molecule has 2 aromatic rings. The fourth-order valence-electron chi connectivity index (χ4n) is 2.60. The van der Waals surface area contributed by atoms with Gasteiger partial charge in [0, 0.05) is 24.7 Å². The van der Waals surface area contributed by atoms with Gasteiger partial charge in [-0.1, -0.05) is 49.2 Å². The van der Waals surface area contributed by atoms with E-state index in [1.165, 1.54) is 16.4 Å². The van der Waals surface area contributed by atoms with Crippen LogP contribution in [0.15, 0.2) is 47.4 Å². The number of carbonyl (C=O) groups is 2. The van der Waals surface area contributed by atoms with Gasteiger partial charge in [-0.2, -0.15) is 4.31 Å². The molecule has 0 aliphatic heterocycles.